The number of carbonyl (C=O) groups is 1. The van der Waals surface area contributed by atoms with Crippen LogP contribution in [0.25, 0.3) is 0 Å². The molecule has 0 aromatic heterocycles. The molecule has 4 aliphatic rings. The zero-order valence-corrected chi connectivity index (χ0v) is 10.9. The van der Waals surface area contributed by atoms with Gasteiger partial charge >= 0.3 is 0 Å². The van der Waals surface area contributed by atoms with Crippen LogP contribution in [0.4, 0.5) is 0 Å². The van der Waals surface area contributed by atoms with E-state index in [1.807, 2.05) is 0 Å². The summed E-state index contributed by atoms with van der Waals surface area (Å²) in [6.07, 6.45) is 6.39. The lowest BCUT2D eigenvalue weighted by Gasteiger charge is -2.30. The molecule has 1 aliphatic heterocycles. The SMILES string of the molecule is O=C(C1C2C3CCC(C3)C12)N1CCCC(Cl)C1. The third-order valence-corrected chi connectivity index (χ3v) is 6.05. The third kappa shape index (κ3) is 1.49. The average molecular weight is 254 g/mol. The number of rotatable bonds is 1. The molecule has 2 nitrogen and oxygen atoms in total. The molecule has 4 rings (SSSR count). The van der Waals surface area contributed by atoms with Crippen molar-refractivity contribution in [3.8, 4) is 0 Å². The van der Waals surface area contributed by atoms with E-state index in [4.69, 9.17) is 11.6 Å². The molecule has 3 saturated carbocycles. The van der Waals surface area contributed by atoms with Crippen LogP contribution in [0.2, 0.25) is 0 Å². The molecule has 4 fully saturated rings. The quantitative estimate of drug-likeness (QED) is 0.658. The highest BCUT2D eigenvalue weighted by Gasteiger charge is 2.67. The lowest BCUT2D eigenvalue weighted by molar-refractivity contribution is -0.134. The van der Waals surface area contributed by atoms with Crippen LogP contribution in [0, 0.1) is 29.6 Å². The predicted molar refractivity (Wildman–Crippen MR) is 66.8 cm³/mol. The monoisotopic (exact) mass is 253 g/mol. The number of hydrogen-bond acceptors (Lipinski definition) is 1. The summed E-state index contributed by atoms with van der Waals surface area (Å²) in [5, 5.41) is 0.197. The molecule has 3 aliphatic carbocycles. The van der Waals surface area contributed by atoms with Crippen molar-refractivity contribution in [1.29, 1.82) is 0 Å². The molecular weight excluding hydrogens is 234 g/mol. The summed E-state index contributed by atoms with van der Waals surface area (Å²) in [6.45, 7) is 1.75. The lowest BCUT2D eigenvalue weighted by Crippen LogP contribution is -2.42. The Morgan fingerprint density at radius 2 is 1.82 bits per heavy atom. The highest BCUT2D eigenvalue weighted by atomic mass is 35.5. The number of carbonyl (C=O) groups excluding carboxylic acids is 1. The zero-order valence-electron chi connectivity index (χ0n) is 10.1. The summed E-state index contributed by atoms with van der Waals surface area (Å²) in [5.41, 5.74) is 0. The number of amides is 1. The topological polar surface area (TPSA) is 20.3 Å². The van der Waals surface area contributed by atoms with Crippen LogP contribution in [0.3, 0.4) is 0 Å². The first-order chi connectivity index (χ1) is 8.25. The van der Waals surface area contributed by atoms with Crippen LogP contribution in [-0.4, -0.2) is 29.3 Å². The van der Waals surface area contributed by atoms with E-state index in [0.717, 1.165) is 49.6 Å². The van der Waals surface area contributed by atoms with E-state index in [1.54, 1.807) is 0 Å². The van der Waals surface area contributed by atoms with Crippen molar-refractivity contribution in [2.24, 2.45) is 29.6 Å². The highest BCUT2D eigenvalue weighted by molar-refractivity contribution is 6.20. The van der Waals surface area contributed by atoms with Gasteiger partial charge in [-0.15, -0.1) is 11.6 Å². The fourth-order valence-electron chi connectivity index (χ4n) is 4.99. The van der Waals surface area contributed by atoms with Crippen molar-refractivity contribution in [3.05, 3.63) is 0 Å². The summed E-state index contributed by atoms with van der Waals surface area (Å²) in [7, 11) is 0. The largest absolute Gasteiger partial charge is 0.341 e. The standard InChI is InChI=1S/C14H20ClNO/c15-10-2-1-5-16(7-10)14(17)13-11-8-3-4-9(6-8)12(11)13/h8-13H,1-7H2. The minimum absolute atomic E-state index is 0.197. The summed E-state index contributed by atoms with van der Waals surface area (Å²) >= 11 is 6.18. The smallest absolute Gasteiger partial charge is 0.226 e. The first-order valence-electron chi connectivity index (χ1n) is 7.18. The van der Waals surface area contributed by atoms with Gasteiger partial charge in [0.05, 0.1) is 5.38 Å². The fourth-order valence-corrected chi connectivity index (χ4v) is 5.31. The molecule has 0 radical (unpaired) electrons. The molecule has 17 heavy (non-hydrogen) atoms. The molecule has 0 spiro atoms. The normalized spacial score (nSPS) is 51.5. The number of alkyl halides is 1. The molecule has 0 aromatic carbocycles. The average Bonchev–Trinajstić information content (AvgIpc) is 2.76. The Bertz CT molecular complexity index is 342. The second-order valence-electron chi connectivity index (χ2n) is 6.54. The van der Waals surface area contributed by atoms with E-state index < -0.39 is 0 Å². The van der Waals surface area contributed by atoms with Gasteiger partial charge in [-0.05, 0) is 55.8 Å². The van der Waals surface area contributed by atoms with E-state index in [1.165, 1.54) is 19.3 Å². The minimum atomic E-state index is 0.197. The number of nitrogens with zero attached hydrogens (tertiary/aromatic N) is 1. The maximum absolute atomic E-state index is 12.5. The second kappa shape index (κ2) is 3.63. The van der Waals surface area contributed by atoms with Gasteiger partial charge in [-0.3, -0.25) is 4.79 Å². The highest BCUT2D eigenvalue weighted by Crippen LogP contribution is 2.69. The van der Waals surface area contributed by atoms with Gasteiger partial charge in [-0.25, -0.2) is 0 Å². The van der Waals surface area contributed by atoms with E-state index in [2.05, 4.69) is 4.90 Å². The Labute approximate surface area is 108 Å². The molecule has 0 aromatic rings. The fraction of sp³-hybridized carbons (Fsp3) is 0.929. The van der Waals surface area contributed by atoms with Gasteiger partial charge < -0.3 is 4.90 Å². The zero-order chi connectivity index (χ0) is 11.6. The van der Waals surface area contributed by atoms with Gasteiger partial charge in [0, 0.05) is 19.0 Å². The van der Waals surface area contributed by atoms with Crippen LogP contribution in [0.1, 0.15) is 32.1 Å². The number of hydrogen-bond donors (Lipinski definition) is 0. The van der Waals surface area contributed by atoms with E-state index in [9.17, 15) is 4.79 Å². The van der Waals surface area contributed by atoms with Crippen molar-refractivity contribution in [2.45, 2.75) is 37.5 Å². The van der Waals surface area contributed by atoms with Gasteiger partial charge in [0.1, 0.15) is 0 Å². The minimum Gasteiger partial charge on any atom is -0.341 e. The predicted octanol–water partition coefficient (Wildman–Crippen LogP) is 2.51. The van der Waals surface area contributed by atoms with E-state index >= 15 is 0 Å². The van der Waals surface area contributed by atoms with Crippen molar-refractivity contribution in [3.63, 3.8) is 0 Å². The Kier molecular flexibility index (Phi) is 2.28. The molecule has 2 bridgehead atoms. The Morgan fingerprint density at radius 3 is 2.47 bits per heavy atom. The number of fused-ring (bicyclic) bond motifs is 5. The molecule has 1 saturated heterocycles. The Morgan fingerprint density at radius 1 is 1.12 bits per heavy atom. The summed E-state index contributed by atoms with van der Waals surface area (Å²) in [4.78, 5) is 14.6. The molecule has 5 atom stereocenters. The van der Waals surface area contributed by atoms with Crippen molar-refractivity contribution < 1.29 is 4.79 Å². The molecular formula is C14H20ClNO. The lowest BCUT2D eigenvalue weighted by atomic mass is 10.0. The number of halogens is 1. The van der Waals surface area contributed by atoms with Gasteiger partial charge in [-0.2, -0.15) is 0 Å². The van der Waals surface area contributed by atoms with Crippen LogP contribution in [-0.2, 0) is 4.79 Å². The van der Waals surface area contributed by atoms with Crippen molar-refractivity contribution in [2.75, 3.05) is 13.1 Å². The van der Waals surface area contributed by atoms with Gasteiger partial charge in [0.15, 0.2) is 0 Å². The number of likely N-dealkylation sites (tertiary alicyclic amines) is 1. The van der Waals surface area contributed by atoms with Gasteiger partial charge in [-0.1, -0.05) is 0 Å². The van der Waals surface area contributed by atoms with Crippen LogP contribution in [0.5, 0.6) is 0 Å². The Hall–Kier alpha value is -0.240. The molecule has 94 valence electrons. The molecule has 0 N–H and O–H groups in total. The maximum Gasteiger partial charge on any atom is 0.226 e. The van der Waals surface area contributed by atoms with Crippen LogP contribution >= 0.6 is 11.6 Å². The molecule has 1 heterocycles. The van der Waals surface area contributed by atoms with Crippen molar-refractivity contribution >= 4 is 17.5 Å². The molecule has 3 heteroatoms. The Balaban J connectivity index is 1.45. The molecule has 5 unspecified atom stereocenters. The van der Waals surface area contributed by atoms with Crippen LogP contribution < -0.4 is 0 Å². The van der Waals surface area contributed by atoms with Gasteiger partial charge in [0.25, 0.3) is 0 Å². The van der Waals surface area contributed by atoms with Crippen LogP contribution in [0.15, 0.2) is 0 Å². The summed E-state index contributed by atoms with van der Waals surface area (Å²) in [6, 6.07) is 0. The van der Waals surface area contributed by atoms with E-state index in [0.29, 0.717) is 11.8 Å². The first kappa shape index (κ1) is 10.7. The number of piperidine rings is 1. The first-order valence-corrected chi connectivity index (χ1v) is 7.62. The maximum atomic E-state index is 12.5. The summed E-state index contributed by atoms with van der Waals surface area (Å²) < 4.78 is 0. The third-order valence-electron chi connectivity index (χ3n) is 5.70. The van der Waals surface area contributed by atoms with E-state index in [-0.39, 0.29) is 5.38 Å². The van der Waals surface area contributed by atoms with Gasteiger partial charge in [0.2, 0.25) is 5.91 Å². The molecule has 1 amide bonds. The summed E-state index contributed by atoms with van der Waals surface area (Å²) in [5.74, 6) is 4.20. The second-order valence-corrected chi connectivity index (χ2v) is 7.15. The van der Waals surface area contributed by atoms with Crippen molar-refractivity contribution in [1.82, 2.24) is 4.90 Å².